The normalized spacial score (nSPS) is 20.8. The summed E-state index contributed by atoms with van der Waals surface area (Å²) >= 11 is 0. The fourth-order valence-electron chi connectivity index (χ4n) is 2.61. The number of hydrogen-bond donors (Lipinski definition) is 1. The van der Waals surface area contributed by atoms with Crippen molar-refractivity contribution in [3.05, 3.63) is 35.9 Å². The maximum absolute atomic E-state index is 12.3. The third-order valence-electron chi connectivity index (χ3n) is 3.94. The van der Waals surface area contributed by atoms with Crippen molar-refractivity contribution in [3.8, 4) is 0 Å². The van der Waals surface area contributed by atoms with Crippen molar-refractivity contribution in [2.75, 3.05) is 13.2 Å². The lowest BCUT2D eigenvalue weighted by molar-refractivity contribution is -0.131. The number of aliphatic hydroxyl groups excluding tert-OH is 1. The summed E-state index contributed by atoms with van der Waals surface area (Å²) in [5.74, 6) is 0.752. The molecule has 0 spiro atoms. The number of carbonyl (C=O) groups is 1. The second kappa shape index (κ2) is 6.71. The molecule has 3 heteroatoms. The van der Waals surface area contributed by atoms with Crippen LogP contribution in [0.3, 0.4) is 0 Å². The molecule has 0 aromatic heterocycles. The Bertz CT molecular complexity index is 404. The van der Waals surface area contributed by atoms with Crippen LogP contribution in [0, 0.1) is 11.8 Å². The Labute approximate surface area is 115 Å². The average Bonchev–Trinajstić information content (AvgIpc) is 2.78. The third kappa shape index (κ3) is 3.80. The smallest absolute Gasteiger partial charge is 0.226 e. The highest BCUT2D eigenvalue weighted by atomic mass is 16.3. The molecule has 0 aliphatic carbocycles. The summed E-state index contributed by atoms with van der Waals surface area (Å²) in [6.45, 7) is 3.84. The highest BCUT2D eigenvalue weighted by molar-refractivity contribution is 5.80. The van der Waals surface area contributed by atoms with Gasteiger partial charge in [0, 0.05) is 25.6 Å². The summed E-state index contributed by atoms with van der Waals surface area (Å²) in [7, 11) is 0. The molecule has 1 aliphatic rings. The summed E-state index contributed by atoms with van der Waals surface area (Å²) in [6.07, 6.45) is 2.81. The van der Waals surface area contributed by atoms with Gasteiger partial charge in [-0.15, -0.1) is 0 Å². The molecular weight excluding hydrogens is 238 g/mol. The molecule has 1 amide bonds. The van der Waals surface area contributed by atoms with Crippen molar-refractivity contribution in [2.24, 2.45) is 11.8 Å². The predicted octanol–water partition coefficient (Wildman–Crippen LogP) is 2.44. The molecule has 1 heterocycles. The lowest BCUT2D eigenvalue weighted by atomic mass is 9.96. The molecule has 1 aromatic rings. The molecule has 0 saturated carbocycles. The largest absolute Gasteiger partial charge is 0.396 e. The van der Waals surface area contributed by atoms with E-state index in [4.69, 9.17) is 5.11 Å². The van der Waals surface area contributed by atoms with Gasteiger partial charge >= 0.3 is 0 Å². The summed E-state index contributed by atoms with van der Waals surface area (Å²) in [4.78, 5) is 14.2. The molecule has 1 N–H and O–H groups in total. The minimum atomic E-state index is 0.165. The van der Waals surface area contributed by atoms with E-state index in [1.54, 1.807) is 0 Å². The molecule has 1 fully saturated rings. The van der Waals surface area contributed by atoms with Gasteiger partial charge in [-0.1, -0.05) is 37.3 Å². The van der Waals surface area contributed by atoms with Gasteiger partial charge in [-0.25, -0.2) is 0 Å². The van der Waals surface area contributed by atoms with Gasteiger partial charge in [0.1, 0.15) is 0 Å². The van der Waals surface area contributed by atoms with Gasteiger partial charge in [-0.2, -0.15) is 0 Å². The van der Waals surface area contributed by atoms with E-state index >= 15 is 0 Å². The fourth-order valence-corrected chi connectivity index (χ4v) is 2.61. The van der Waals surface area contributed by atoms with E-state index in [1.807, 2.05) is 30.0 Å². The Balaban J connectivity index is 1.84. The molecule has 19 heavy (non-hydrogen) atoms. The van der Waals surface area contributed by atoms with Gasteiger partial charge in [-0.05, 0) is 30.7 Å². The Morgan fingerprint density at radius 3 is 2.79 bits per heavy atom. The standard InChI is InChI=1S/C16H23NO2/c1-13(12-18)7-8-15-9-10-17(16(15)19)11-14-5-3-2-4-6-14/h2-6,13,15,18H,7-12H2,1H3/t13-,15?/m0/s1. The summed E-state index contributed by atoms with van der Waals surface area (Å²) in [5, 5.41) is 9.03. The Morgan fingerprint density at radius 2 is 2.11 bits per heavy atom. The van der Waals surface area contributed by atoms with E-state index in [2.05, 4.69) is 12.1 Å². The van der Waals surface area contributed by atoms with Crippen molar-refractivity contribution in [1.29, 1.82) is 0 Å². The van der Waals surface area contributed by atoms with Crippen LogP contribution in [0.1, 0.15) is 31.7 Å². The second-order valence-electron chi connectivity index (χ2n) is 5.60. The SMILES string of the molecule is C[C@H](CO)CCC1CCN(Cc2ccccc2)C1=O. The number of aliphatic hydroxyl groups is 1. The van der Waals surface area contributed by atoms with Crippen LogP contribution >= 0.6 is 0 Å². The molecule has 1 aromatic carbocycles. The maximum Gasteiger partial charge on any atom is 0.226 e. The molecule has 0 radical (unpaired) electrons. The lowest BCUT2D eigenvalue weighted by Gasteiger charge is -2.17. The Kier molecular flexibility index (Phi) is 4.97. The number of benzene rings is 1. The Morgan fingerprint density at radius 1 is 1.37 bits per heavy atom. The first kappa shape index (κ1) is 14.1. The van der Waals surface area contributed by atoms with Crippen molar-refractivity contribution < 1.29 is 9.90 Å². The van der Waals surface area contributed by atoms with Gasteiger partial charge in [0.2, 0.25) is 5.91 Å². The van der Waals surface area contributed by atoms with Gasteiger partial charge in [-0.3, -0.25) is 4.79 Å². The highest BCUT2D eigenvalue weighted by Gasteiger charge is 2.31. The quantitative estimate of drug-likeness (QED) is 0.854. The highest BCUT2D eigenvalue weighted by Crippen LogP contribution is 2.25. The van der Waals surface area contributed by atoms with E-state index in [0.717, 1.165) is 32.4 Å². The number of amides is 1. The van der Waals surface area contributed by atoms with Crippen molar-refractivity contribution >= 4 is 5.91 Å². The number of rotatable bonds is 6. The first-order chi connectivity index (χ1) is 9.20. The van der Waals surface area contributed by atoms with Crippen LogP contribution in [0.15, 0.2) is 30.3 Å². The van der Waals surface area contributed by atoms with Crippen LogP contribution in [-0.2, 0) is 11.3 Å². The van der Waals surface area contributed by atoms with Crippen molar-refractivity contribution in [1.82, 2.24) is 4.90 Å². The van der Waals surface area contributed by atoms with Crippen LogP contribution in [0.2, 0.25) is 0 Å². The molecule has 2 atom stereocenters. The molecule has 1 unspecified atom stereocenters. The first-order valence-electron chi connectivity index (χ1n) is 7.14. The monoisotopic (exact) mass is 261 g/mol. The van der Waals surface area contributed by atoms with Gasteiger partial charge in [0.15, 0.2) is 0 Å². The van der Waals surface area contributed by atoms with E-state index < -0.39 is 0 Å². The molecule has 1 aliphatic heterocycles. The number of likely N-dealkylation sites (tertiary alicyclic amines) is 1. The van der Waals surface area contributed by atoms with Crippen LogP contribution in [0.4, 0.5) is 0 Å². The minimum absolute atomic E-state index is 0.165. The van der Waals surface area contributed by atoms with Crippen LogP contribution in [0.5, 0.6) is 0 Å². The minimum Gasteiger partial charge on any atom is -0.396 e. The van der Waals surface area contributed by atoms with Crippen LogP contribution < -0.4 is 0 Å². The molecule has 2 rings (SSSR count). The van der Waals surface area contributed by atoms with E-state index in [1.165, 1.54) is 5.56 Å². The zero-order valence-corrected chi connectivity index (χ0v) is 11.6. The molecular formula is C16H23NO2. The number of carbonyl (C=O) groups excluding carboxylic acids is 1. The first-order valence-corrected chi connectivity index (χ1v) is 7.14. The van der Waals surface area contributed by atoms with Gasteiger partial charge < -0.3 is 10.0 Å². The third-order valence-corrected chi connectivity index (χ3v) is 3.94. The summed E-state index contributed by atoms with van der Waals surface area (Å²) < 4.78 is 0. The lowest BCUT2D eigenvalue weighted by Crippen LogP contribution is -2.27. The van der Waals surface area contributed by atoms with Crippen molar-refractivity contribution in [3.63, 3.8) is 0 Å². The summed E-state index contributed by atoms with van der Waals surface area (Å²) in [5.41, 5.74) is 1.19. The van der Waals surface area contributed by atoms with Crippen LogP contribution in [0.25, 0.3) is 0 Å². The molecule has 3 nitrogen and oxygen atoms in total. The van der Waals surface area contributed by atoms with Crippen LogP contribution in [-0.4, -0.2) is 29.1 Å². The van der Waals surface area contributed by atoms with E-state index in [-0.39, 0.29) is 18.4 Å². The topological polar surface area (TPSA) is 40.5 Å². The van der Waals surface area contributed by atoms with E-state index in [0.29, 0.717) is 5.92 Å². The molecule has 0 bridgehead atoms. The number of nitrogens with zero attached hydrogens (tertiary/aromatic N) is 1. The van der Waals surface area contributed by atoms with Gasteiger partial charge in [0.25, 0.3) is 0 Å². The van der Waals surface area contributed by atoms with Gasteiger partial charge in [0.05, 0.1) is 0 Å². The summed E-state index contributed by atoms with van der Waals surface area (Å²) in [6, 6.07) is 10.1. The zero-order valence-electron chi connectivity index (χ0n) is 11.6. The number of hydrogen-bond acceptors (Lipinski definition) is 2. The fraction of sp³-hybridized carbons (Fsp3) is 0.562. The second-order valence-corrected chi connectivity index (χ2v) is 5.60. The predicted molar refractivity (Wildman–Crippen MR) is 75.4 cm³/mol. The molecule has 1 saturated heterocycles. The maximum atomic E-state index is 12.3. The zero-order chi connectivity index (χ0) is 13.7. The average molecular weight is 261 g/mol. The van der Waals surface area contributed by atoms with E-state index in [9.17, 15) is 4.79 Å². The molecule has 104 valence electrons. The Hall–Kier alpha value is -1.35. The van der Waals surface area contributed by atoms with Crippen molar-refractivity contribution in [2.45, 2.75) is 32.7 Å².